The number of nitrogens with one attached hydrogen (secondary N) is 1. The van der Waals surface area contributed by atoms with Crippen LogP contribution in [0.25, 0.3) is 0 Å². The average molecular weight is 223 g/mol. The molecular weight excluding hydrogens is 202 g/mol. The van der Waals surface area contributed by atoms with Crippen molar-refractivity contribution in [2.24, 2.45) is 0 Å². The van der Waals surface area contributed by atoms with Gasteiger partial charge in [-0.1, -0.05) is 6.07 Å². The van der Waals surface area contributed by atoms with Gasteiger partial charge in [0.05, 0.1) is 6.10 Å². The van der Waals surface area contributed by atoms with Crippen LogP contribution in [0.5, 0.6) is 0 Å². The summed E-state index contributed by atoms with van der Waals surface area (Å²) >= 11 is 0. The highest BCUT2D eigenvalue weighted by Gasteiger charge is 2.03. The number of aromatic nitrogens is 1. The molecule has 4 nitrogen and oxygen atoms in total. The molecule has 1 heterocycles. The summed E-state index contributed by atoms with van der Waals surface area (Å²) in [6, 6.07) is 4.04. The zero-order chi connectivity index (χ0) is 12.0. The predicted octanol–water partition coefficient (Wildman–Crippen LogP) is 1.33. The van der Waals surface area contributed by atoms with Crippen LogP contribution in [0, 0.1) is 0 Å². The first-order chi connectivity index (χ1) is 7.61. The number of hydrogen-bond acceptors (Lipinski definition) is 4. The van der Waals surface area contributed by atoms with E-state index in [1.165, 1.54) is 5.56 Å². The second kappa shape index (κ2) is 6.45. The maximum absolute atomic E-state index is 9.19. The number of rotatable bonds is 6. The maximum atomic E-state index is 9.19. The first-order valence-electron chi connectivity index (χ1n) is 5.61. The summed E-state index contributed by atoms with van der Waals surface area (Å²) in [5.74, 6) is 0.885. The summed E-state index contributed by atoms with van der Waals surface area (Å²) in [6.45, 7) is 3.58. The van der Waals surface area contributed by atoms with E-state index in [0.717, 1.165) is 25.3 Å². The van der Waals surface area contributed by atoms with E-state index in [1.807, 2.05) is 33.3 Å². The first-order valence-corrected chi connectivity index (χ1v) is 5.61. The fourth-order valence-electron chi connectivity index (χ4n) is 1.46. The van der Waals surface area contributed by atoms with Crippen molar-refractivity contribution >= 4 is 5.82 Å². The van der Waals surface area contributed by atoms with Gasteiger partial charge in [-0.3, -0.25) is 0 Å². The van der Waals surface area contributed by atoms with Crippen LogP contribution in [0.2, 0.25) is 0 Å². The van der Waals surface area contributed by atoms with E-state index in [1.54, 1.807) is 0 Å². The van der Waals surface area contributed by atoms with Gasteiger partial charge in [-0.2, -0.15) is 0 Å². The van der Waals surface area contributed by atoms with E-state index in [0.29, 0.717) is 0 Å². The zero-order valence-corrected chi connectivity index (χ0v) is 10.3. The Kier molecular flexibility index (Phi) is 5.22. The quantitative estimate of drug-likeness (QED) is 0.764. The molecule has 0 aliphatic heterocycles. The molecule has 1 unspecified atom stereocenters. The largest absolute Gasteiger partial charge is 0.393 e. The lowest BCUT2D eigenvalue weighted by molar-refractivity contribution is 0.163. The van der Waals surface area contributed by atoms with E-state index < -0.39 is 0 Å². The zero-order valence-electron chi connectivity index (χ0n) is 10.3. The van der Waals surface area contributed by atoms with Crippen LogP contribution in [0.15, 0.2) is 18.3 Å². The van der Waals surface area contributed by atoms with Gasteiger partial charge in [0, 0.05) is 26.3 Å². The highest BCUT2D eigenvalue weighted by molar-refractivity contribution is 5.34. The van der Waals surface area contributed by atoms with Crippen molar-refractivity contribution in [3.8, 4) is 0 Å². The summed E-state index contributed by atoms with van der Waals surface area (Å²) in [7, 11) is 3.91. The number of nitrogens with zero attached hydrogens (tertiary/aromatic N) is 2. The lowest BCUT2D eigenvalue weighted by Crippen LogP contribution is -2.22. The minimum Gasteiger partial charge on any atom is -0.393 e. The van der Waals surface area contributed by atoms with Gasteiger partial charge in [-0.05, 0) is 32.0 Å². The second-order valence-corrected chi connectivity index (χ2v) is 4.18. The average Bonchev–Trinajstić information content (AvgIpc) is 2.27. The highest BCUT2D eigenvalue weighted by Crippen LogP contribution is 2.06. The summed E-state index contributed by atoms with van der Waals surface area (Å²) in [5.41, 5.74) is 1.19. The van der Waals surface area contributed by atoms with Crippen LogP contribution in [-0.2, 0) is 6.54 Å². The SMILES string of the molecule is CNc1ccc(CN(C)CCC(C)O)cn1. The van der Waals surface area contributed by atoms with Crippen molar-refractivity contribution in [2.45, 2.75) is 26.0 Å². The summed E-state index contributed by atoms with van der Waals surface area (Å²) in [6.07, 6.45) is 2.45. The van der Waals surface area contributed by atoms with Gasteiger partial charge >= 0.3 is 0 Å². The Bertz CT molecular complexity index is 298. The van der Waals surface area contributed by atoms with E-state index in [9.17, 15) is 5.11 Å². The van der Waals surface area contributed by atoms with Crippen molar-refractivity contribution < 1.29 is 5.11 Å². The summed E-state index contributed by atoms with van der Waals surface area (Å²) < 4.78 is 0. The molecule has 1 aromatic heterocycles. The fourth-order valence-corrected chi connectivity index (χ4v) is 1.46. The minimum atomic E-state index is -0.229. The normalized spacial score (nSPS) is 12.8. The Balaban J connectivity index is 2.40. The highest BCUT2D eigenvalue weighted by atomic mass is 16.3. The monoisotopic (exact) mass is 223 g/mol. The van der Waals surface area contributed by atoms with Gasteiger partial charge in [0.15, 0.2) is 0 Å². The lowest BCUT2D eigenvalue weighted by Gasteiger charge is -2.17. The molecule has 0 radical (unpaired) electrons. The van der Waals surface area contributed by atoms with Crippen molar-refractivity contribution in [1.82, 2.24) is 9.88 Å². The molecule has 1 aromatic rings. The van der Waals surface area contributed by atoms with Crippen molar-refractivity contribution in [1.29, 1.82) is 0 Å². The molecule has 4 heteroatoms. The van der Waals surface area contributed by atoms with Crippen LogP contribution in [-0.4, -0.2) is 41.7 Å². The van der Waals surface area contributed by atoms with Gasteiger partial charge in [0.25, 0.3) is 0 Å². The lowest BCUT2D eigenvalue weighted by atomic mass is 10.2. The molecule has 16 heavy (non-hydrogen) atoms. The Morgan fingerprint density at radius 3 is 2.75 bits per heavy atom. The molecule has 0 aliphatic rings. The fraction of sp³-hybridized carbons (Fsp3) is 0.583. The van der Waals surface area contributed by atoms with Crippen LogP contribution >= 0.6 is 0 Å². The van der Waals surface area contributed by atoms with E-state index in [-0.39, 0.29) is 6.10 Å². The number of anilines is 1. The molecular formula is C12H21N3O. The van der Waals surface area contributed by atoms with Gasteiger partial charge in [-0.25, -0.2) is 4.98 Å². The van der Waals surface area contributed by atoms with Crippen LogP contribution in [0.3, 0.4) is 0 Å². The Morgan fingerprint density at radius 2 is 2.25 bits per heavy atom. The molecule has 0 aromatic carbocycles. The molecule has 0 aliphatic carbocycles. The van der Waals surface area contributed by atoms with E-state index in [2.05, 4.69) is 21.3 Å². The maximum Gasteiger partial charge on any atom is 0.125 e. The second-order valence-electron chi connectivity index (χ2n) is 4.18. The molecule has 2 N–H and O–H groups in total. The smallest absolute Gasteiger partial charge is 0.125 e. The molecule has 1 atom stereocenters. The topological polar surface area (TPSA) is 48.4 Å². The summed E-state index contributed by atoms with van der Waals surface area (Å²) in [4.78, 5) is 6.44. The van der Waals surface area contributed by atoms with Crippen LogP contribution in [0.4, 0.5) is 5.82 Å². The molecule has 1 rings (SSSR count). The standard InChI is InChI=1S/C12H21N3O/c1-10(16)6-7-15(3)9-11-4-5-12(13-2)14-8-11/h4-5,8,10,16H,6-7,9H2,1-3H3,(H,13,14). The molecule has 0 fully saturated rings. The molecule has 0 saturated heterocycles. The van der Waals surface area contributed by atoms with Crippen LogP contribution in [0.1, 0.15) is 18.9 Å². The predicted molar refractivity (Wildman–Crippen MR) is 66.4 cm³/mol. The number of aliphatic hydroxyl groups is 1. The molecule has 0 bridgehead atoms. The van der Waals surface area contributed by atoms with Gasteiger partial charge in [-0.15, -0.1) is 0 Å². The molecule has 0 amide bonds. The van der Waals surface area contributed by atoms with Crippen molar-refractivity contribution in [3.63, 3.8) is 0 Å². The molecule has 0 spiro atoms. The number of aliphatic hydroxyl groups excluding tert-OH is 1. The third-order valence-electron chi connectivity index (χ3n) is 2.46. The van der Waals surface area contributed by atoms with E-state index >= 15 is 0 Å². The third-order valence-corrected chi connectivity index (χ3v) is 2.46. The molecule has 0 saturated carbocycles. The van der Waals surface area contributed by atoms with E-state index in [4.69, 9.17) is 0 Å². The first kappa shape index (κ1) is 12.9. The minimum absolute atomic E-state index is 0.229. The Morgan fingerprint density at radius 1 is 1.50 bits per heavy atom. The third kappa shape index (κ3) is 4.59. The Labute approximate surface area is 97.3 Å². The van der Waals surface area contributed by atoms with Gasteiger partial charge < -0.3 is 15.3 Å². The number of hydrogen-bond donors (Lipinski definition) is 2. The number of pyridine rings is 1. The molecule has 90 valence electrons. The van der Waals surface area contributed by atoms with Gasteiger partial charge in [0.1, 0.15) is 5.82 Å². The van der Waals surface area contributed by atoms with Crippen molar-refractivity contribution in [3.05, 3.63) is 23.9 Å². The Hall–Kier alpha value is -1.13. The van der Waals surface area contributed by atoms with Crippen molar-refractivity contribution in [2.75, 3.05) is 26.0 Å². The summed E-state index contributed by atoms with van der Waals surface area (Å²) in [5, 5.41) is 12.2. The van der Waals surface area contributed by atoms with Crippen LogP contribution < -0.4 is 5.32 Å². The van der Waals surface area contributed by atoms with Gasteiger partial charge in [0.2, 0.25) is 0 Å².